The molecule has 1 aliphatic heterocycles. The lowest BCUT2D eigenvalue weighted by atomic mass is 9.93. The van der Waals surface area contributed by atoms with E-state index in [9.17, 15) is 9.90 Å². The highest BCUT2D eigenvalue weighted by molar-refractivity contribution is 5.88. The lowest BCUT2D eigenvalue weighted by Crippen LogP contribution is -2.37. The average Bonchev–Trinajstić information content (AvgIpc) is 3.16. The van der Waals surface area contributed by atoms with Crippen molar-refractivity contribution in [2.24, 2.45) is 0 Å². The molecular weight excluding hydrogens is 294 g/mol. The first-order valence-corrected chi connectivity index (χ1v) is 7.73. The van der Waals surface area contributed by atoms with Crippen molar-refractivity contribution in [1.29, 1.82) is 0 Å². The van der Waals surface area contributed by atoms with E-state index in [1.807, 2.05) is 44.2 Å². The topological polar surface area (TPSA) is 83.3 Å². The van der Waals surface area contributed by atoms with E-state index in [0.29, 0.717) is 18.8 Å². The molecule has 23 heavy (non-hydrogen) atoms. The Morgan fingerprint density at radius 1 is 1.35 bits per heavy atom. The number of rotatable bonds is 3. The maximum absolute atomic E-state index is 12.3. The first kappa shape index (κ1) is 15.5. The fourth-order valence-electron chi connectivity index (χ4n) is 2.73. The molecule has 0 unspecified atom stereocenters. The van der Waals surface area contributed by atoms with Gasteiger partial charge in [-0.25, -0.2) is 9.48 Å². The molecule has 3 rings (SSSR count). The molecule has 2 N–H and O–H groups in total. The number of aliphatic hydroxyl groups is 1. The third kappa shape index (κ3) is 3.19. The Balaban J connectivity index is 1.65. The molecule has 1 aromatic heterocycles. The number of benzene rings is 1. The average molecular weight is 315 g/mol. The summed E-state index contributed by atoms with van der Waals surface area (Å²) in [7, 11) is 0. The molecule has 1 saturated heterocycles. The van der Waals surface area contributed by atoms with Gasteiger partial charge in [0.25, 0.3) is 0 Å². The van der Waals surface area contributed by atoms with Gasteiger partial charge in [0.1, 0.15) is 5.60 Å². The quantitative estimate of drug-likeness (QED) is 0.907. The molecule has 1 atom stereocenters. The number of likely N-dealkylation sites (tertiary alicyclic amines) is 1. The SMILES string of the molecule is CC(C)n1cc(NC(=O)N2CC[C@](O)(c3ccccc3)C2)nn1. The summed E-state index contributed by atoms with van der Waals surface area (Å²) in [6.45, 7) is 4.73. The fraction of sp³-hybridized carbons (Fsp3) is 0.438. The number of β-amino-alcohol motifs (C(OH)–C–C–N with tert-alkyl or cyclic N) is 1. The molecule has 122 valence electrons. The van der Waals surface area contributed by atoms with Crippen LogP contribution in [0.3, 0.4) is 0 Å². The van der Waals surface area contributed by atoms with E-state index < -0.39 is 5.60 Å². The zero-order chi connectivity index (χ0) is 16.4. The molecule has 0 aliphatic carbocycles. The minimum Gasteiger partial charge on any atom is -0.383 e. The van der Waals surface area contributed by atoms with Crippen LogP contribution < -0.4 is 5.32 Å². The molecule has 7 heteroatoms. The highest BCUT2D eigenvalue weighted by Crippen LogP contribution is 2.31. The second-order valence-corrected chi connectivity index (χ2v) is 6.18. The molecular formula is C16H21N5O2. The lowest BCUT2D eigenvalue weighted by molar-refractivity contribution is 0.0500. The van der Waals surface area contributed by atoms with Crippen molar-refractivity contribution in [2.45, 2.75) is 31.9 Å². The number of carbonyl (C=O) groups is 1. The van der Waals surface area contributed by atoms with Gasteiger partial charge in [-0.05, 0) is 25.8 Å². The lowest BCUT2D eigenvalue weighted by Gasteiger charge is -2.23. The molecule has 7 nitrogen and oxygen atoms in total. The maximum atomic E-state index is 12.3. The van der Waals surface area contributed by atoms with Crippen LogP contribution in [0.25, 0.3) is 0 Å². The normalized spacial score (nSPS) is 21.0. The molecule has 0 saturated carbocycles. The van der Waals surface area contributed by atoms with Crippen molar-refractivity contribution in [3.8, 4) is 0 Å². The van der Waals surface area contributed by atoms with Gasteiger partial charge >= 0.3 is 6.03 Å². The summed E-state index contributed by atoms with van der Waals surface area (Å²) in [6, 6.07) is 9.37. The number of nitrogens with one attached hydrogen (secondary N) is 1. The van der Waals surface area contributed by atoms with Crippen molar-refractivity contribution < 1.29 is 9.90 Å². The Labute approximate surface area is 134 Å². The van der Waals surface area contributed by atoms with Crippen LogP contribution in [0.5, 0.6) is 0 Å². The van der Waals surface area contributed by atoms with Gasteiger partial charge in [-0.2, -0.15) is 0 Å². The minimum absolute atomic E-state index is 0.183. The van der Waals surface area contributed by atoms with Gasteiger partial charge in [0.05, 0.1) is 12.7 Å². The number of anilines is 1. The molecule has 2 amide bonds. The van der Waals surface area contributed by atoms with Gasteiger partial charge in [-0.3, -0.25) is 5.32 Å². The summed E-state index contributed by atoms with van der Waals surface area (Å²) < 4.78 is 1.68. The zero-order valence-electron chi connectivity index (χ0n) is 13.3. The summed E-state index contributed by atoms with van der Waals surface area (Å²) >= 11 is 0. The second-order valence-electron chi connectivity index (χ2n) is 6.18. The third-order valence-electron chi connectivity index (χ3n) is 4.12. The van der Waals surface area contributed by atoms with Gasteiger partial charge < -0.3 is 10.0 Å². The van der Waals surface area contributed by atoms with Crippen LogP contribution in [0.2, 0.25) is 0 Å². The first-order valence-electron chi connectivity index (χ1n) is 7.73. The van der Waals surface area contributed by atoms with Crippen molar-refractivity contribution in [1.82, 2.24) is 19.9 Å². The Bertz CT molecular complexity index is 685. The summed E-state index contributed by atoms with van der Waals surface area (Å²) in [5.74, 6) is 0.416. The monoisotopic (exact) mass is 315 g/mol. The Morgan fingerprint density at radius 2 is 2.09 bits per heavy atom. The summed E-state index contributed by atoms with van der Waals surface area (Å²) in [4.78, 5) is 13.9. The number of carbonyl (C=O) groups excluding carboxylic acids is 1. The van der Waals surface area contributed by atoms with Gasteiger partial charge in [0.2, 0.25) is 0 Å². The molecule has 2 aromatic rings. The largest absolute Gasteiger partial charge is 0.383 e. The molecule has 1 fully saturated rings. The summed E-state index contributed by atoms with van der Waals surface area (Å²) in [6.07, 6.45) is 2.21. The Kier molecular flexibility index (Phi) is 4.04. The Hall–Kier alpha value is -2.41. The predicted octanol–water partition coefficient (Wildman–Crippen LogP) is 1.98. The summed E-state index contributed by atoms with van der Waals surface area (Å²) in [5, 5.41) is 21.4. The smallest absolute Gasteiger partial charge is 0.323 e. The van der Waals surface area contributed by atoms with Crippen LogP contribution in [0.4, 0.5) is 10.6 Å². The van der Waals surface area contributed by atoms with Crippen molar-refractivity contribution >= 4 is 11.8 Å². The van der Waals surface area contributed by atoms with E-state index in [2.05, 4.69) is 15.6 Å². The number of hydrogen-bond acceptors (Lipinski definition) is 4. The Morgan fingerprint density at radius 3 is 2.74 bits per heavy atom. The fourth-order valence-corrected chi connectivity index (χ4v) is 2.73. The number of hydrogen-bond donors (Lipinski definition) is 2. The number of amides is 2. The van der Waals surface area contributed by atoms with Gasteiger partial charge in [-0.15, -0.1) is 5.10 Å². The molecule has 1 aromatic carbocycles. The van der Waals surface area contributed by atoms with Crippen LogP contribution in [-0.2, 0) is 5.60 Å². The van der Waals surface area contributed by atoms with Crippen molar-refractivity contribution in [3.63, 3.8) is 0 Å². The molecule has 0 spiro atoms. The molecule has 0 bridgehead atoms. The highest BCUT2D eigenvalue weighted by atomic mass is 16.3. The van der Waals surface area contributed by atoms with Crippen LogP contribution in [0, 0.1) is 0 Å². The second kappa shape index (κ2) is 6.00. The van der Waals surface area contributed by atoms with E-state index in [-0.39, 0.29) is 18.6 Å². The standard InChI is InChI=1S/C16H21N5O2/c1-12(2)21-10-14(18-19-21)17-15(22)20-9-8-16(23,11-20)13-6-4-3-5-7-13/h3-7,10,12,23H,8-9,11H2,1-2H3,(H,17,22)/t16-/m1/s1. The van der Waals surface area contributed by atoms with Gasteiger partial charge in [0, 0.05) is 12.6 Å². The van der Waals surface area contributed by atoms with Gasteiger partial charge in [0.15, 0.2) is 5.82 Å². The van der Waals surface area contributed by atoms with Crippen molar-refractivity contribution in [2.75, 3.05) is 18.4 Å². The maximum Gasteiger partial charge on any atom is 0.323 e. The molecule has 1 aliphatic rings. The minimum atomic E-state index is -0.992. The number of urea groups is 1. The van der Waals surface area contributed by atoms with Crippen LogP contribution in [0.1, 0.15) is 31.9 Å². The van der Waals surface area contributed by atoms with Crippen LogP contribution >= 0.6 is 0 Å². The molecule has 0 radical (unpaired) electrons. The third-order valence-corrected chi connectivity index (χ3v) is 4.12. The first-order chi connectivity index (χ1) is 11.0. The molecule has 2 heterocycles. The summed E-state index contributed by atoms with van der Waals surface area (Å²) in [5.41, 5.74) is -0.158. The number of nitrogens with zero attached hydrogens (tertiary/aromatic N) is 4. The van der Waals surface area contributed by atoms with E-state index in [0.717, 1.165) is 5.56 Å². The van der Waals surface area contributed by atoms with E-state index >= 15 is 0 Å². The van der Waals surface area contributed by atoms with Crippen molar-refractivity contribution in [3.05, 3.63) is 42.1 Å². The van der Waals surface area contributed by atoms with Crippen LogP contribution in [0.15, 0.2) is 36.5 Å². The number of aromatic nitrogens is 3. The van der Waals surface area contributed by atoms with E-state index in [1.165, 1.54) is 0 Å². The highest BCUT2D eigenvalue weighted by Gasteiger charge is 2.39. The van der Waals surface area contributed by atoms with Crippen LogP contribution in [-0.4, -0.2) is 44.1 Å². The van der Waals surface area contributed by atoms with E-state index in [1.54, 1.807) is 15.8 Å². The predicted molar refractivity (Wildman–Crippen MR) is 86.0 cm³/mol. The zero-order valence-corrected chi connectivity index (χ0v) is 13.3. The van der Waals surface area contributed by atoms with Gasteiger partial charge in [-0.1, -0.05) is 35.5 Å². The van der Waals surface area contributed by atoms with E-state index in [4.69, 9.17) is 0 Å².